The van der Waals surface area contributed by atoms with E-state index in [1.165, 1.54) is 18.2 Å². The minimum atomic E-state index is -0.413. The summed E-state index contributed by atoms with van der Waals surface area (Å²) < 4.78 is 12.8. The molecule has 0 saturated carbocycles. The van der Waals surface area contributed by atoms with Crippen LogP contribution < -0.4 is 0 Å². The highest BCUT2D eigenvalue weighted by molar-refractivity contribution is 6.33. The van der Waals surface area contributed by atoms with Crippen molar-refractivity contribution in [1.29, 1.82) is 0 Å². The van der Waals surface area contributed by atoms with Crippen LogP contribution in [-0.4, -0.2) is 5.78 Å². The summed E-state index contributed by atoms with van der Waals surface area (Å²) in [5, 5.41) is 0.203. The molecule has 0 aliphatic carbocycles. The fourth-order valence-electron chi connectivity index (χ4n) is 1.52. The van der Waals surface area contributed by atoms with Crippen molar-refractivity contribution in [1.82, 2.24) is 0 Å². The molecule has 1 aromatic carbocycles. The Bertz CT molecular complexity index is 374. The number of Topliss-reactive ketones (excluding diaryl/α,β-unsaturated/α-hetero) is 1. The Morgan fingerprint density at radius 3 is 2.69 bits per heavy atom. The Labute approximate surface area is 101 Å². The molecular formula is C13H16ClFO. The van der Waals surface area contributed by atoms with Crippen molar-refractivity contribution < 1.29 is 9.18 Å². The first-order valence-electron chi connectivity index (χ1n) is 5.49. The van der Waals surface area contributed by atoms with Crippen LogP contribution in [0.5, 0.6) is 0 Å². The van der Waals surface area contributed by atoms with E-state index in [9.17, 15) is 9.18 Å². The molecule has 0 atom stereocenters. The number of halogens is 2. The van der Waals surface area contributed by atoms with E-state index in [0.717, 1.165) is 12.8 Å². The van der Waals surface area contributed by atoms with E-state index >= 15 is 0 Å². The SMILES string of the molecule is CC(C)CCCC(=O)c1ccc(F)cc1Cl. The molecule has 1 rings (SSSR count). The van der Waals surface area contributed by atoms with Gasteiger partial charge in [0.15, 0.2) is 5.78 Å². The van der Waals surface area contributed by atoms with Gasteiger partial charge >= 0.3 is 0 Å². The smallest absolute Gasteiger partial charge is 0.164 e. The van der Waals surface area contributed by atoms with Crippen molar-refractivity contribution in [2.75, 3.05) is 0 Å². The zero-order chi connectivity index (χ0) is 12.1. The zero-order valence-electron chi connectivity index (χ0n) is 9.59. The number of carbonyl (C=O) groups is 1. The molecule has 0 heterocycles. The second-order valence-corrected chi connectivity index (χ2v) is 4.74. The zero-order valence-corrected chi connectivity index (χ0v) is 10.4. The number of benzene rings is 1. The molecule has 16 heavy (non-hydrogen) atoms. The summed E-state index contributed by atoms with van der Waals surface area (Å²) in [6, 6.07) is 3.90. The highest BCUT2D eigenvalue weighted by Gasteiger charge is 2.10. The molecule has 0 amide bonds. The van der Waals surface area contributed by atoms with E-state index in [0.29, 0.717) is 17.9 Å². The third-order valence-corrected chi connectivity index (χ3v) is 2.73. The van der Waals surface area contributed by atoms with E-state index in [4.69, 9.17) is 11.6 Å². The van der Waals surface area contributed by atoms with Gasteiger partial charge in [-0.1, -0.05) is 31.9 Å². The highest BCUT2D eigenvalue weighted by atomic mass is 35.5. The summed E-state index contributed by atoms with van der Waals surface area (Å²) in [6.45, 7) is 4.24. The normalized spacial score (nSPS) is 10.8. The summed E-state index contributed by atoms with van der Waals surface area (Å²) in [6.07, 6.45) is 2.35. The maximum Gasteiger partial charge on any atom is 0.164 e. The molecule has 1 nitrogen and oxygen atoms in total. The van der Waals surface area contributed by atoms with Gasteiger partial charge in [-0.3, -0.25) is 4.79 Å². The molecule has 0 fully saturated rings. The van der Waals surface area contributed by atoms with Crippen LogP contribution >= 0.6 is 11.6 Å². The van der Waals surface area contributed by atoms with Crippen molar-refractivity contribution in [2.24, 2.45) is 5.92 Å². The van der Waals surface area contributed by atoms with Gasteiger partial charge in [-0.2, -0.15) is 0 Å². The average Bonchev–Trinajstić information content (AvgIpc) is 2.16. The standard InChI is InChI=1S/C13H16ClFO/c1-9(2)4-3-5-13(16)11-7-6-10(15)8-12(11)14/h6-9H,3-5H2,1-2H3. The van der Waals surface area contributed by atoms with E-state index in [-0.39, 0.29) is 10.8 Å². The van der Waals surface area contributed by atoms with Crippen molar-refractivity contribution in [3.8, 4) is 0 Å². The Kier molecular flexibility index (Phi) is 4.94. The lowest BCUT2D eigenvalue weighted by Gasteiger charge is -2.05. The quantitative estimate of drug-likeness (QED) is 0.696. The molecule has 1 aromatic rings. The Hall–Kier alpha value is -0.890. The van der Waals surface area contributed by atoms with E-state index in [2.05, 4.69) is 13.8 Å². The average molecular weight is 243 g/mol. The van der Waals surface area contributed by atoms with Crippen molar-refractivity contribution >= 4 is 17.4 Å². The lowest BCUT2D eigenvalue weighted by atomic mass is 10.0. The van der Waals surface area contributed by atoms with E-state index < -0.39 is 5.82 Å². The molecule has 0 aromatic heterocycles. The maximum absolute atomic E-state index is 12.8. The second-order valence-electron chi connectivity index (χ2n) is 4.33. The lowest BCUT2D eigenvalue weighted by Crippen LogP contribution is -2.01. The predicted octanol–water partition coefficient (Wildman–Crippen LogP) is 4.49. The minimum absolute atomic E-state index is 0.00866. The number of rotatable bonds is 5. The summed E-state index contributed by atoms with van der Waals surface area (Å²) in [5.41, 5.74) is 0.423. The highest BCUT2D eigenvalue weighted by Crippen LogP contribution is 2.20. The Morgan fingerprint density at radius 2 is 2.12 bits per heavy atom. The van der Waals surface area contributed by atoms with Crippen LogP contribution in [-0.2, 0) is 0 Å². The lowest BCUT2D eigenvalue weighted by molar-refractivity contribution is 0.0978. The molecule has 0 unspecified atom stereocenters. The van der Waals surface area contributed by atoms with Crippen LogP contribution in [0.4, 0.5) is 4.39 Å². The summed E-state index contributed by atoms with van der Waals surface area (Å²) in [5.74, 6) is 0.172. The van der Waals surface area contributed by atoms with Crippen molar-refractivity contribution in [3.63, 3.8) is 0 Å². The third kappa shape index (κ3) is 3.93. The predicted molar refractivity (Wildman–Crippen MR) is 64.4 cm³/mol. The summed E-state index contributed by atoms with van der Waals surface area (Å²) in [4.78, 5) is 11.8. The van der Waals surface area contributed by atoms with Crippen molar-refractivity contribution in [3.05, 3.63) is 34.6 Å². The Balaban J connectivity index is 2.59. The van der Waals surface area contributed by atoms with Gasteiger partial charge in [0.05, 0.1) is 5.02 Å². The molecule has 0 aliphatic heterocycles. The van der Waals surface area contributed by atoms with Gasteiger partial charge in [0.2, 0.25) is 0 Å². The molecule has 88 valence electrons. The molecule has 0 spiro atoms. The summed E-state index contributed by atoms with van der Waals surface area (Å²) in [7, 11) is 0. The molecule has 0 aliphatic rings. The van der Waals surface area contributed by atoms with Gasteiger partial charge in [-0.25, -0.2) is 4.39 Å². The summed E-state index contributed by atoms with van der Waals surface area (Å²) >= 11 is 5.81. The molecule has 0 bridgehead atoms. The van der Waals surface area contributed by atoms with Crippen LogP contribution in [0.2, 0.25) is 5.02 Å². The minimum Gasteiger partial charge on any atom is -0.294 e. The second kappa shape index (κ2) is 6.00. The van der Waals surface area contributed by atoms with Crippen LogP contribution in [0.25, 0.3) is 0 Å². The van der Waals surface area contributed by atoms with Gasteiger partial charge in [0.25, 0.3) is 0 Å². The monoisotopic (exact) mass is 242 g/mol. The largest absolute Gasteiger partial charge is 0.294 e. The molecule has 0 saturated heterocycles. The number of hydrogen-bond acceptors (Lipinski definition) is 1. The first kappa shape index (κ1) is 13.2. The topological polar surface area (TPSA) is 17.1 Å². The van der Waals surface area contributed by atoms with E-state index in [1.54, 1.807) is 0 Å². The maximum atomic E-state index is 12.8. The number of carbonyl (C=O) groups excluding carboxylic acids is 1. The van der Waals surface area contributed by atoms with E-state index in [1.807, 2.05) is 0 Å². The van der Waals surface area contributed by atoms with Crippen LogP contribution in [0.1, 0.15) is 43.5 Å². The number of hydrogen-bond donors (Lipinski definition) is 0. The van der Waals surface area contributed by atoms with Gasteiger partial charge < -0.3 is 0 Å². The fourth-order valence-corrected chi connectivity index (χ4v) is 1.79. The van der Waals surface area contributed by atoms with Gasteiger partial charge in [0, 0.05) is 12.0 Å². The van der Waals surface area contributed by atoms with Gasteiger partial charge in [0.1, 0.15) is 5.82 Å². The first-order chi connectivity index (χ1) is 7.50. The van der Waals surface area contributed by atoms with Crippen LogP contribution in [0.3, 0.4) is 0 Å². The van der Waals surface area contributed by atoms with Crippen LogP contribution in [0.15, 0.2) is 18.2 Å². The molecular weight excluding hydrogens is 227 g/mol. The third-order valence-electron chi connectivity index (χ3n) is 2.42. The first-order valence-corrected chi connectivity index (χ1v) is 5.86. The van der Waals surface area contributed by atoms with Crippen molar-refractivity contribution in [2.45, 2.75) is 33.1 Å². The van der Waals surface area contributed by atoms with Crippen LogP contribution in [0, 0.1) is 11.7 Å². The fraction of sp³-hybridized carbons (Fsp3) is 0.462. The molecule has 3 heteroatoms. The van der Waals surface area contributed by atoms with Gasteiger partial charge in [-0.15, -0.1) is 0 Å². The Morgan fingerprint density at radius 1 is 1.44 bits per heavy atom. The molecule has 0 radical (unpaired) electrons. The van der Waals surface area contributed by atoms with Gasteiger partial charge in [-0.05, 0) is 30.5 Å². The number of ketones is 1. The molecule has 0 N–H and O–H groups in total.